The molecule has 0 radical (unpaired) electrons. The summed E-state index contributed by atoms with van der Waals surface area (Å²) in [6.07, 6.45) is 1.08. The van der Waals surface area contributed by atoms with E-state index in [1.807, 2.05) is 0 Å². The molecule has 0 aromatic rings. The molecule has 2 N–H and O–H groups in total. The second-order valence-electron chi connectivity index (χ2n) is 2.19. The van der Waals surface area contributed by atoms with Crippen molar-refractivity contribution in [2.75, 3.05) is 6.61 Å². The lowest BCUT2D eigenvalue weighted by Crippen LogP contribution is -2.50. The first-order valence-electron chi connectivity index (χ1n) is 2.76. The molecule has 2 nitrogen and oxygen atoms in total. The summed E-state index contributed by atoms with van der Waals surface area (Å²) in [6.45, 7) is 0.908. The summed E-state index contributed by atoms with van der Waals surface area (Å²) in [5.41, 5.74) is 0. The molecule has 1 saturated heterocycles. The zero-order valence-corrected chi connectivity index (χ0v) is 7.86. The molecule has 0 spiro atoms. The number of nitrogens with two attached hydrogens (primary N) is 1. The molecule has 0 saturated carbocycles. The smallest absolute Gasteiger partial charge is 0.234 e. The standard InChI is InChI=1S/C3H10ClNOSi2/c4-8(5)3-1-2-6-7-8/h1-3,5,7H2. The summed E-state index contributed by atoms with van der Waals surface area (Å²) in [4.78, 5) is 0. The van der Waals surface area contributed by atoms with Crippen molar-refractivity contribution >= 4 is 27.4 Å². The number of hydrogen-bond donors (Lipinski definition) is 1. The Bertz CT molecular complexity index is 81.4. The third-order valence-electron chi connectivity index (χ3n) is 1.22. The maximum absolute atomic E-state index is 5.93. The van der Waals surface area contributed by atoms with Gasteiger partial charge in [0, 0.05) is 6.61 Å². The van der Waals surface area contributed by atoms with Crippen LogP contribution in [-0.2, 0) is 4.43 Å². The van der Waals surface area contributed by atoms with Crippen LogP contribution in [0.15, 0.2) is 0 Å². The van der Waals surface area contributed by atoms with E-state index < -0.39 is 16.3 Å². The highest BCUT2D eigenvalue weighted by atomic mass is 35.6. The molecule has 0 amide bonds. The third kappa shape index (κ3) is 1.87. The van der Waals surface area contributed by atoms with Gasteiger partial charge in [-0.05, 0) is 12.5 Å². The van der Waals surface area contributed by atoms with Crippen molar-refractivity contribution in [3.05, 3.63) is 0 Å². The lowest BCUT2D eigenvalue weighted by atomic mass is 10.5. The van der Waals surface area contributed by atoms with E-state index in [2.05, 4.69) is 0 Å². The predicted octanol–water partition coefficient (Wildman–Crippen LogP) is -0.373. The van der Waals surface area contributed by atoms with Crippen LogP contribution in [0.5, 0.6) is 0 Å². The Kier molecular flexibility index (Phi) is 2.10. The van der Waals surface area contributed by atoms with E-state index in [1.54, 1.807) is 0 Å². The largest absolute Gasteiger partial charge is 0.424 e. The first kappa shape index (κ1) is 6.76. The summed E-state index contributed by atoms with van der Waals surface area (Å²) >= 11 is 5.93. The zero-order valence-electron chi connectivity index (χ0n) is 4.69. The van der Waals surface area contributed by atoms with E-state index in [-0.39, 0.29) is 0 Å². The van der Waals surface area contributed by atoms with Gasteiger partial charge in [0.1, 0.15) is 0 Å². The van der Waals surface area contributed by atoms with E-state index in [0.717, 1.165) is 19.1 Å². The van der Waals surface area contributed by atoms with Gasteiger partial charge in [-0.2, -0.15) is 0 Å². The fourth-order valence-electron chi connectivity index (χ4n) is 0.782. The molecule has 0 bridgehead atoms. The average Bonchev–Trinajstić information content (AvgIpc) is 1.65. The molecular weight excluding hydrogens is 158 g/mol. The maximum atomic E-state index is 5.93. The fraction of sp³-hybridized carbons (Fsp3) is 1.00. The Hall–Kier alpha value is 0.644. The normalized spacial score (nSPS) is 42.8. The lowest BCUT2D eigenvalue weighted by Gasteiger charge is -2.22. The molecule has 1 heterocycles. The average molecular weight is 168 g/mol. The topological polar surface area (TPSA) is 35.2 Å². The number of rotatable bonds is 0. The summed E-state index contributed by atoms with van der Waals surface area (Å²) in [7, 11) is -2.18. The van der Waals surface area contributed by atoms with E-state index >= 15 is 0 Å². The van der Waals surface area contributed by atoms with Gasteiger partial charge in [0.25, 0.3) is 0 Å². The van der Waals surface area contributed by atoms with Gasteiger partial charge in [-0.3, -0.25) is 0 Å². The first-order valence-corrected chi connectivity index (χ1v) is 8.96. The van der Waals surface area contributed by atoms with Crippen LogP contribution >= 0.6 is 11.1 Å². The van der Waals surface area contributed by atoms with Crippen LogP contribution in [0.1, 0.15) is 6.42 Å². The zero-order chi connectivity index (χ0) is 6.04. The van der Waals surface area contributed by atoms with Crippen molar-refractivity contribution in [1.82, 2.24) is 0 Å². The SMILES string of the molecule is N[Si]1(Cl)CCCO[SiH2]1. The summed E-state index contributed by atoms with van der Waals surface area (Å²) in [5.74, 6) is 0. The van der Waals surface area contributed by atoms with Crippen LogP contribution < -0.4 is 5.40 Å². The van der Waals surface area contributed by atoms with Gasteiger partial charge in [0.2, 0.25) is 7.06 Å². The van der Waals surface area contributed by atoms with Crippen molar-refractivity contribution in [2.45, 2.75) is 12.5 Å². The van der Waals surface area contributed by atoms with Crippen LogP contribution in [0.2, 0.25) is 6.04 Å². The van der Waals surface area contributed by atoms with Gasteiger partial charge in [-0.1, -0.05) is 0 Å². The Morgan fingerprint density at radius 3 is 2.75 bits per heavy atom. The van der Waals surface area contributed by atoms with E-state index in [1.165, 1.54) is 0 Å². The predicted molar refractivity (Wildman–Crippen MR) is 39.7 cm³/mol. The van der Waals surface area contributed by atoms with Crippen molar-refractivity contribution in [1.29, 1.82) is 0 Å². The van der Waals surface area contributed by atoms with Crippen LogP contribution in [0.3, 0.4) is 0 Å². The minimum atomic E-state index is -1.70. The molecule has 0 aromatic heterocycles. The van der Waals surface area contributed by atoms with E-state index in [0.29, 0.717) is 0 Å². The van der Waals surface area contributed by atoms with Gasteiger partial charge in [-0.25, -0.2) is 0 Å². The second kappa shape index (κ2) is 2.49. The Morgan fingerprint density at radius 1 is 1.75 bits per heavy atom. The van der Waals surface area contributed by atoms with Gasteiger partial charge < -0.3 is 9.83 Å². The Labute approximate surface area is 56.9 Å². The highest BCUT2D eigenvalue weighted by molar-refractivity contribution is 7.45. The van der Waals surface area contributed by atoms with Gasteiger partial charge >= 0.3 is 0 Å². The lowest BCUT2D eigenvalue weighted by molar-refractivity contribution is 0.334. The fourth-order valence-corrected chi connectivity index (χ4v) is 6.08. The molecule has 5 heteroatoms. The number of hydrogen-bond acceptors (Lipinski definition) is 2. The molecule has 48 valence electrons. The summed E-state index contributed by atoms with van der Waals surface area (Å²) in [5, 5.41) is 5.72. The van der Waals surface area contributed by atoms with E-state index in [9.17, 15) is 0 Å². The van der Waals surface area contributed by atoms with Crippen molar-refractivity contribution in [3.63, 3.8) is 0 Å². The van der Waals surface area contributed by atoms with Crippen molar-refractivity contribution in [2.24, 2.45) is 5.40 Å². The molecule has 1 aliphatic rings. The first-order chi connectivity index (χ1) is 3.71. The highest BCUT2D eigenvalue weighted by Crippen LogP contribution is 2.13. The molecule has 1 unspecified atom stereocenters. The second-order valence-corrected chi connectivity index (χ2v) is 13.7. The van der Waals surface area contributed by atoms with E-state index in [4.69, 9.17) is 20.9 Å². The van der Waals surface area contributed by atoms with Crippen molar-refractivity contribution < 1.29 is 4.43 Å². The quantitative estimate of drug-likeness (QED) is 0.395. The molecule has 1 atom stereocenters. The molecule has 1 fully saturated rings. The van der Waals surface area contributed by atoms with Gasteiger partial charge in [0.15, 0.2) is 9.28 Å². The molecular formula is C3H10ClNOSi2. The summed E-state index contributed by atoms with van der Waals surface area (Å²) < 4.78 is 5.23. The van der Waals surface area contributed by atoms with Crippen LogP contribution in [0, 0.1) is 0 Å². The van der Waals surface area contributed by atoms with Gasteiger partial charge in [-0.15, -0.1) is 11.1 Å². The van der Waals surface area contributed by atoms with Crippen LogP contribution in [0.4, 0.5) is 0 Å². The number of halogens is 1. The van der Waals surface area contributed by atoms with Gasteiger partial charge in [0.05, 0.1) is 0 Å². The minimum Gasteiger partial charge on any atom is -0.424 e. The Morgan fingerprint density at radius 2 is 2.50 bits per heavy atom. The summed E-state index contributed by atoms with van der Waals surface area (Å²) in [6, 6.07) is 1.07. The van der Waals surface area contributed by atoms with Crippen LogP contribution in [-0.4, -0.2) is 23.0 Å². The molecule has 0 aliphatic carbocycles. The molecule has 0 aromatic carbocycles. The van der Waals surface area contributed by atoms with Crippen LogP contribution in [0.25, 0.3) is 0 Å². The highest BCUT2D eigenvalue weighted by Gasteiger charge is 2.29. The maximum Gasteiger partial charge on any atom is 0.234 e. The van der Waals surface area contributed by atoms with Crippen molar-refractivity contribution in [3.8, 4) is 0 Å². The Balaban J connectivity index is 2.33. The monoisotopic (exact) mass is 167 g/mol. The minimum absolute atomic E-state index is 0.481. The molecule has 1 rings (SSSR count). The molecule has 8 heavy (non-hydrogen) atoms. The molecule has 1 aliphatic heterocycles. The third-order valence-corrected chi connectivity index (χ3v) is 8.04.